The van der Waals surface area contributed by atoms with Gasteiger partial charge in [-0.1, -0.05) is 59.3 Å². The van der Waals surface area contributed by atoms with Crippen molar-refractivity contribution in [3.63, 3.8) is 0 Å². The number of hydrogen-bond donors (Lipinski definition) is 1. The summed E-state index contributed by atoms with van der Waals surface area (Å²) in [6, 6.07) is 20.0. The molecule has 29 heavy (non-hydrogen) atoms. The Balaban J connectivity index is 1.39. The fourth-order valence-electron chi connectivity index (χ4n) is 2.82. The molecule has 0 saturated carbocycles. The van der Waals surface area contributed by atoms with Gasteiger partial charge in [-0.3, -0.25) is 0 Å². The molecule has 4 nitrogen and oxygen atoms in total. The highest BCUT2D eigenvalue weighted by molar-refractivity contribution is 7.23. The summed E-state index contributed by atoms with van der Waals surface area (Å²) in [5.74, 6) is 0. The second-order valence-electron chi connectivity index (χ2n) is 6.11. The summed E-state index contributed by atoms with van der Waals surface area (Å²) in [6.45, 7) is 0. The molecule has 0 atom stereocenters. The van der Waals surface area contributed by atoms with Crippen LogP contribution in [0, 0.1) is 0 Å². The van der Waals surface area contributed by atoms with Gasteiger partial charge < -0.3 is 5.32 Å². The van der Waals surface area contributed by atoms with Crippen LogP contribution in [0.25, 0.3) is 31.7 Å². The number of nitrogens with one attached hydrogen (secondary N) is 1. The minimum atomic E-state index is 0.710. The van der Waals surface area contributed by atoms with E-state index < -0.39 is 0 Å². The Hall–Kier alpha value is -2.58. The fraction of sp³-hybridized carbons (Fsp3) is 0. The maximum atomic E-state index is 6.31. The third kappa shape index (κ3) is 3.95. The summed E-state index contributed by atoms with van der Waals surface area (Å²) in [5.41, 5.74) is 3.86. The van der Waals surface area contributed by atoms with Gasteiger partial charge in [-0.15, -0.1) is 32.9 Å². The first-order chi connectivity index (χ1) is 14.3. The molecule has 2 aromatic carbocycles. The van der Waals surface area contributed by atoms with Crippen molar-refractivity contribution in [2.75, 3.05) is 5.32 Å². The molecule has 0 amide bonds. The number of thiophene rings is 1. The maximum absolute atomic E-state index is 6.31. The van der Waals surface area contributed by atoms with Gasteiger partial charge in [-0.05, 0) is 29.6 Å². The molecule has 0 saturated heterocycles. The molecular weight excluding hydrogens is 440 g/mol. The van der Waals surface area contributed by atoms with Crippen molar-refractivity contribution in [3.05, 3.63) is 76.4 Å². The van der Waals surface area contributed by atoms with Crippen LogP contribution in [0.1, 0.15) is 0 Å². The zero-order valence-electron chi connectivity index (χ0n) is 14.9. The average molecular weight is 453 g/mol. The lowest BCUT2D eigenvalue weighted by atomic mass is 10.1. The van der Waals surface area contributed by atoms with Crippen LogP contribution >= 0.6 is 45.6 Å². The van der Waals surface area contributed by atoms with Crippen LogP contribution in [0.2, 0.25) is 5.02 Å². The molecule has 0 radical (unpaired) electrons. The van der Waals surface area contributed by atoms with E-state index in [0.29, 0.717) is 5.02 Å². The molecule has 0 aliphatic carbocycles. The molecule has 0 aliphatic heterocycles. The Morgan fingerprint density at radius 2 is 1.79 bits per heavy atom. The van der Waals surface area contributed by atoms with E-state index in [0.717, 1.165) is 42.5 Å². The van der Waals surface area contributed by atoms with Crippen molar-refractivity contribution in [2.24, 2.45) is 0 Å². The lowest BCUT2D eigenvalue weighted by Gasteiger charge is -2.04. The van der Waals surface area contributed by atoms with Gasteiger partial charge in [0.25, 0.3) is 0 Å². The highest BCUT2D eigenvalue weighted by atomic mass is 35.5. The van der Waals surface area contributed by atoms with Crippen LogP contribution < -0.4 is 5.32 Å². The van der Waals surface area contributed by atoms with Gasteiger partial charge in [-0.25, -0.2) is 4.98 Å². The molecule has 5 rings (SSSR count). The molecule has 5 aromatic rings. The second kappa shape index (κ2) is 8.04. The van der Waals surface area contributed by atoms with Crippen molar-refractivity contribution in [3.8, 4) is 31.7 Å². The monoisotopic (exact) mass is 452 g/mol. The van der Waals surface area contributed by atoms with Crippen molar-refractivity contribution >= 4 is 56.4 Å². The molecule has 1 N–H and O–H groups in total. The Bertz CT molecular complexity index is 1260. The molecule has 0 unspecified atom stereocenters. The first kappa shape index (κ1) is 18.4. The largest absolute Gasteiger partial charge is 0.330 e. The summed E-state index contributed by atoms with van der Waals surface area (Å²) in [6.07, 6.45) is 0. The van der Waals surface area contributed by atoms with Crippen molar-refractivity contribution in [1.29, 1.82) is 0 Å². The van der Waals surface area contributed by atoms with E-state index in [4.69, 9.17) is 16.6 Å². The number of anilines is 2. The van der Waals surface area contributed by atoms with E-state index in [1.54, 1.807) is 22.7 Å². The number of benzene rings is 2. The van der Waals surface area contributed by atoms with Crippen LogP contribution in [0.5, 0.6) is 0 Å². The van der Waals surface area contributed by atoms with Crippen molar-refractivity contribution in [2.45, 2.75) is 0 Å². The maximum Gasteiger partial charge on any atom is 0.210 e. The highest BCUT2D eigenvalue weighted by Crippen LogP contribution is 2.35. The van der Waals surface area contributed by atoms with Gasteiger partial charge in [0.15, 0.2) is 5.01 Å². The lowest BCUT2D eigenvalue weighted by Crippen LogP contribution is -1.90. The summed E-state index contributed by atoms with van der Waals surface area (Å²) in [5, 5.41) is 19.3. The molecule has 0 bridgehead atoms. The zero-order valence-corrected chi connectivity index (χ0v) is 18.1. The fourth-order valence-corrected chi connectivity index (χ4v) is 5.52. The zero-order chi connectivity index (χ0) is 19.6. The minimum Gasteiger partial charge on any atom is -0.330 e. The Morgan fingerprint density at radius 3 is 2.66 bits per heavy atom. The third-order valence-electron chi connectivity index (χ3n) is 4.18. The molecular formula is C21H13ClN4S3. The summed E-state index contributed by atoms with van der Waals surface area (Å²) >= 11 is 11.1. The third-order valence-corrected chi connectivity index (χ3v) is 7.26. The number of rotatable bonds is 5. The van der Waals surface area contributed by atoms with E-state index in [-0.39, 0.29) is 0 Å². The highest BCUT2D eigenvalue weighted by Gasteiger charge is 2.11. The van der Waals surface area contributed by atoms with E-state index in [1.807, 2.05) is 60.0 Å². The van der Waals surface area contributed by atoms with Gasteiger partial charge in [-0.2, -0.15) is 0 Å². The van der Waals surface area contributed by atoms with E-state index in [9.17, 15) is 0 Å². The van der Waals surface area contributed by atoms with Gasteiger partial charge in [0.05, 0.1) is 15.6 Å². The predicted octanol–water partition coefficient (Wildman–Crippen LogP) is 7.45. The van der Waals surface area contributed by atoms with Gasteiger partial charge in [0, 0.05) is 22.2 Å². The molecule has 142 valence electrons. The Labute approximate surface area is 184 Å². The second-order valence-corrected chi connectivity index (χ2v) is 9.30. The predicted molar refractivity (Wildman–Crippen MR) is 125 cm³/mol. The van der Waals surface area contributed by atoms with E-state index >= 15 is 0 Å². The number of nitrogens with zero attached hydrogens (tertiary/aromatic N) is 3. The topological polar surface area (TPSA) is 50.7 Å². The average Bonchev–Trinajstić information content (AvgIpc) is 3.50. The van der Waals surface area contributed by atoms with Gasteiger partial charge in [0.1, 0.15) is 5.01 Å². The first-order valence-electron chi connectivity index (χ1n) is 8.71. The van der Waals surface area contributed by atoms with Crippen LogP contribution in [0.4, 0.5) is 10.8 Å². The molecule has 0 aliphatic rings. The Kier molecular flexibility index (Phi) is 5.12. The number of thiazole rings is 1. The van der Waals surface area contributed by atoms with E-state index in [2.05, 4.69) is 27.0 Å². The lowest BCUT2D eigenvalue weighted by molar-refractivity contribution is 1.10. The molecule has 8 heteroatoms. The number of halogens is 1. The molecule has 3 heterocycles. The van der Waals surface area contributed by atoms with Crippen molar-refractivity contribution in [1.82, 2.24) is 15.2 Å². The Morgan fingerprint density at radius 1 is 0.862 bits per heavy atom. The van der Waals surface area contributed by atoms with Crippen LogP contribution in [0.15, 0.2) is 71.4 Å². The summed E-state index contributed by atoms with van der Waals surface area (Å²) in [4.78, 5) is 5.90. The quantitative estimate of drug-likeness (QED) is 0.300. The molecule has 0 fully saturated rings. The van der Waals surface area contributed by atoms with Gasteiger partial charge in [0.2, 0.25) is 5.13 Å². The normalized spacial score (nSPS) is 10.9. The minimum absolute atomic E-state index is 0.710. The smallest absolute Gasteiger partial charge is 0.210 e. The van der Waals surface area contributed by atoms with Crippen LogP contribution in [-0.2, 0) is 0 Å². The summed E-state index contributed by atoms with van der Waals surface area (Å²) < 4.78 is 0. The van der Waals surface area contributed by atoms with Crippen LogP contribution in [0.3, 0.4) is 0 Å². The standard InChI is InChI=1S/C21H13ClN4S3/c22-16-8-2-1-7-15(16)19-24-17(12-28-19)13-5-3-6-14(11-13)23-21-26-25-20(29-21)18-9-4-10-27-18/h1-12H,(H,23,26). The molecule has 0 spiro atoms. The summed E-state index contributed by atoms with van der Waals surface area (Å²) in [7, 11) is 0. The first-order valence-corrected chi connectivity index (χ1v) is 11.7. The van der Waals surface area contributed by atoms with Gasteiger partial charge >= 0.3 is 0 Å². The number of hydrogen-bond acceptors (Lipinski definition) is 7. The number of aromatic nitrogens is 3. The van der Waals surface area contributed by atoms with E-state index in [1.165, 1.54) is 11.3 Å². The van der Waals surface area contributed by atoms with Crippen LogP contribution in [-0.4, -0.2) is 15.2 Å². The SMILES string of the molecule is Clc1ccccc1-c1nc(-c2cccc(Nc3nnc(-c4cccs4)s3)c2)cs1. The van der Waals surface area contributed by atoms with Crippen molar-refractivity contribution < 1.29 is 0 Å². The molecule has 3 aromatic heterocycles.